The van der Waals surface area contributed by atoms with Gasteiger partial charge in [0.15, 0.2) is 5.41 Å². The molecule has 3 rings (SSSR count). The zero-order chi connectivity index (χ0) is 20.0. The summed E-state index contributed by atoms with van der Waals surface area (Å²) in [6.45, 7) is 3.47. The molecule has 8 heteroatoms. The van der Waals surface area contributed by atoms with Crippen molar-refractivity contribution in [2.24, 2.45) is 16.7 Å². The number of rotatable bonds is 3. The molecule has 2 bridgehead atoms. The Morgan fingerprint density at radius 1 is 1.26 bits per heavy atom. The minimum absolute atomic E-state index is 0.119. The monoisotopic (exact) mass is 386 g/mol. The van der Waals surface area contributed by atoms with Crippen molar-refractivity contribution in [2.45, 2.75) is 38.6 Å². The zero-order valence-corrected chi connectivity index (χ0v) is 15.5. The molecule has 0 amide bonds. The number of hydrogen-bond acceptors (Lipinski definition) is 6. The lowest BCUT2D eigenvalue weighted by Crippen LogP contribution is -2.58. The van der Waals surface area contributed by atoms with Gasteiger partial charge in [-0.2, -0.15) is 15.8 Å². The highest BCUT2D eigenvalue weighted by Crippen LogP contribution is 2.67. The normalized spacial score (nSPS) is 33.4. The lowest BCUT2D eigenvalue weighted by atomic mass is 9.53. The highest BCUT2D eigenvalue weighted by Gasteiger charge is 2.79. The van der Waals surface area contributed by atoms with Crippen LogP contribution in [0.2, 0.25) is 5.02 Å². The Balaban J connectivity index is 2.32. The van der Waals surface area contributed by atoms with E-state index in [1.807, 2.05) is 25.1 Å². The SMILES string of the molecule is CCCC1C2(C)OC(=N)C1(C#N)C(C#N)(C#N)C(c1ccc(Cl)c(F)c1)O2. The van der Waals surface area contributed by atoms with Gasteiger partial charge in [0.1, 0.15) is 11.9 Å². The fourth-order valence-corrected chi connectivity index (χ4v) is 4.41. The number of halogens is 2. The van der Waals surface area contributed by atoms with Crippen molar-refractivity contribution in [1.29, 1.82) is 21.2 Å². The third kappa shape index (κ3) is 2.21. The molecule has 2 aliphatic rings. The van der Waals surface area contributed by atoms with Crippen LogP contribution in [-0.2, 0) is 9.47 Å². The van der Waals surface area contributed by atoms with E-state index in [-0.39, 0.29) is 10.6 Å². The molecule has 2 fully saturated rings. The second-order valence-corrected chi connectivity index (χ2v) is 7.32. The fourth-order valence-electron chi connectivity index (χ4n) is 4.29. The second kappa shape index (κ2) is 6.20. The average Bonchev–Trinajstić information content (AvgIpc) is 2.81. The number of ether oxygens (including phenoxy) is 2. The van der Waals surface area contributed by atoms with Crippen LogP contribution in [-0.4, -0.2) is 11.7 Å². The van der Waals surface area contributed by atoms with Gasteiger partial charge in [0, 0.05) is 6.92 Å². The Morgan fingerprint density at radius 2 is 1.93 bits per heavy atom. The standard InChI is InChI=1S/C19H16ClFN4O2/c1-3-4-14-17(2)26-15(11-5-6-12(20)13(21)7-11)18(8-22,9-23)19(14,10-24)16(25)27-17/h5-7,14-15,25H,3-4H2,1-2H3. The van der Waals surface area contributed by atoms with Gasteiger partial charge in [-0.15, -0.1) is 0 Å². The summed E-state index contributed by atoms with van der Waals surface area (Å²) < 4.78 is 25.7. The minimum atomic E-state index is -2.09. The van der Waals surface area contributed by atoms with Gasteiger partial charge < -0.3 is 9.47 Å². The first-order valence-electron chi connectivity index (χ1n) is 8.40. The molecule has 2 aliphatic heterocycles. The van der Waals surface area contributed by atoms with Crippen molar-refractivity contribution in [3.63, 3.8) is 0 Å². The van der Waals surface area contributed by atoms with Crippen LogP contribution in [0, 0.1) is 62.0 Å². The molecule has 2 heterocycles. The molecule has 6 nitrogen and oxygen atoms in total. The summed E-state index contributed by atoms with van der Waals surface area (Å²) in [4.78, 5) is 0. The van der Waals surface area contributed by atoms with E-state index < -0.39 is 40.4 Å². The van der Waals surface area contributed by atoms with Crippen molar-refractivity contribution in [1.82, 2.24) is 0 Å². The Bertz CT molecular complexity index is 932. The van der Waals surface area contributed by atoms with Crippen LogP contribution in [0.25, 0.3) is 0 Å². The molecule has 4 atom stereocenters. The Kier molecular flexibility index (Phi) is 4.39. The van der Waals surface area contributed by atoms with Crippen LogP contribution < -0.4 is 0 Å². The topological polar surface area (TPSA) is 114 Å². The second-order valence-electron chi connectivity index (χ2n) is 6.91. The first-order valence-corrected chi connectivity index (χ1v) is 8.78. The minimum Gasteiger partial charge on any atom is -0.448 e. The first-order chi connectivity index (χ1) is 12.8. The molecule has 0 radical (unpaired) electrons. The summed E-state index contributed by atoms with van der Waals surface area (Å²) in [5.74, 6) is -3.29. The molecule has 0 aliphatic carbocycles. The van der Waals surface area contributed by atoms with Crippen molar-refractivity contribution >= 4 is 17.5 Å². The van der Waals surface area contributed by atoms with Crippen LogP contribution in [0.3, 0.4) is 0 Å². The molecule has 0 spiro atoms. The number of nitrogens with zero attached hydrogens (tertiary/aromatic N) is 3. The first kappa shape index (κ1) is 19.1. The maximum Gasteiger partial charge on any atom is 0.214 e. The smallest absolute Gasteiger partial charge is 0.214 e. The van der Waals surface area contributed by atoms with Gasteiger partial charge in [-0.25, -0.2) is 4.39 Å². The third-order valence-electron chi connectivity index (χ3n) is 5.54. The third-order valence-corrected chi connectivity index (χ3v) is 5.85. The van der Waals surface area contributed by atoms with Crippen LogP contribution >= 0.6 is 11.6 Å². The van der Waals surface area contributed by atoms with Crippen molar-refractivity contribution < 1.29 is 13.9 Å². The van der Waals surface area contributed by atoms with E-state index in [2.05, 4.69) is 0 Å². The number of fused-ring (bicyclic) bond motifs is 2. The lowest BCUT2D eigenvalue weighted by Gasteiger charge is -2.48. The zero-order valence-electron chi connectivity index (χ0n) is 14.7. The summed E-state index contributed by atoms with van der Waals surface area (Å²) in [7, 11) is 0. The number of nitriles is 3. The van der Waals surface area contributed by atoms with Crippen LogP contribution in [0.1, 0.15) is 38.4 Å². The van der Waals surface area contributed by atoms with Gasteiger partial charge in [-0.1, -0.05) is 31.0 Å². The molecule has 1 N–H and O–H groups in total. The van der Waals surface area contributed by atoms with Gasteiger partial charge in [0.25, 0.3) is 0 Å². The molecule has 4 unspecified atom stereocenters. The number of hydrogen-bond donors (Lipinski definition) is 1. The predicted molar refractivity (Wildman–Crippen MR) is 92.6 cm³/mol. The molecule has 27 heavy (non-hydrogen) atoms. The van der Waals surface area contributed by atoms with E-state index in [1.54, 1.807) is 6.92 Å². The maximum absolute atomic E-state index is 14.1. The van der Waals surface area contributed by atoms with E-state index in [9.17, 15) is 20.2 Å². The van der Waals surface area contributed by atoms with Crippen molar-refractivity contribution in [3.8, 4) is 18.2 Å². The predicted octanol–water partition coefficient (Wildman–Crippen LogP) is 4.23. The molecule has 1 aromatic rings. The molecule has 1 aromatic carbocycles. The summed E-state index contributed by atoms with van der Waals surface area (Å²) in [6.07, 6.45) is -0.240. The van der Waals surface area contributed by atoms with Gasteiger partial charge in [0.2, 0.25) is 17.1 Å². The summed E-state index contributed by atoms with van der Waals surface area (Å²) >= 11 is 5.74. The highest BCUT2D eigenvalue weighted by atomic mass is 35.5. The highest BCUT2D eigenvalue weighted by molar-refractivity contribution is 6.30. The molecule has 2 saturated heterocycles. The van der Waals surface area contributed by atoms with Crippen LogP contribution in [0.5, 0.6) is 0 Å². The number of benzene rings is 1. The van der Waals surface area contributed by atoms with E-state index in [0.29, 0.717) is 12.8 Å². The van der Waals surface area contributed by atoms with E-state index in [4.69, 9.17) is 26.5 Å². The average molecular weight is 387 g/mol. The summed E-state index contributed by atoms with van der Waals surface area (Å²) in [5.41, 5.74) is -3.74. The molecule has 138 valence electrons. The Labute approximate surface area is 161 Å². The van der Waals surface area contributed by atoms with E-state index in [0.717, 1.165) is 6.07 Å². The summed E-state index contributed by atoms with van der Waals surface area (Å²) in [6, 6.07) is 9.70. The quantitative estimate of drug-likeness (QED) is 0.834. The van der Waals surface area contributed by atoms with Crippen LogP contribution in [0.4, 0.5) is 4.39 Å². The molecule has 0 saturated carbocycles. The Hall–Kier alpha value is -2.66. The fraction of sp³-hybridized carbons (Fsp3) is 0.474. The van der Waals surface area contributed by atoms with Gasteiger partial charge >= 0.3 is 0 Å². The van der Waals surface area contributed by atoms with Gasteiger partial charge in [-0.05, 0) is 24.1 Å². The van der Waals surface area contributed by atoms with Crippen molar-refractivity contribution in [3.05, 3.63) is 34.6 Å². The lowest BCUT2D eigenvalue weighted by molar-refractivity contribution is -0.274. The van der Waals surface area contributed by atoms with E-state index >= 15 is 0 Å². The largest absolute Gasteiger partial charge is 0.448 e. The van der Waals surface area contributed by atoms with Crippen molar-refractivity contribution in [2.75, 3.05) is 0 Å². The Morgan fingerprint density at radius 3 is 2.44 bits per heavy atom. The van der Waals surface area contributed by atoms with Gasteiger partial charge in [0.05, 0.1) is 29.1 Å². The van der Waals surface area contributed by atoms with E-state index in [1.165, 1.54) is 12.1 Å². The molecular formula is C19H16ClFN4O2. The molecular weight excluding hydrogens is 371 g/mol. The summed E-state index contributed by atoms with van der Waals surface area (Å²) in [5, 5.41) is 38.3. The van der Waals surface area contributed by atoms with Gasteiger partial charge in [-0.3, -0.25) is 5.41 Å². The van der Waals surface area contributed by atoms with Crippen LogP contribution in [0.15, 0.2) is 18.2 Å². The molecule has 0 aromatic heterocycles. The number of nitrogens with one attached hydrogen (secondary N) is 1. The maximum atomic E-state index is 14.1.